The van der Waals surface area contributed by atoms with Crippen LogP contribution in [-0.2, 0) is 9.53 Å². The maximum Gasteiger partial charge on any atom is 0.323 e. The van der Waals surface area contributed by atoms with Gasteiger partial charge in [-0.25, -0.2) is 0 Å². The van der Waals surface area contributed by atoms with Crippen molar-refractivity contribution in [2.45, 2.75) is 38.3 Å². The molecule has 0 bridgehead atoms. The maximum atomic E-state index is 11.5. The summed E-state index contributed by atoms with van der Waals surface area (Å²) in [7, 11) is 0. The fourth-order valence-electron chi connectivity index (χ4n) is 2.61. The zero-order valence-corrected chi connectivity index (χ0v) is 9.32. The van der Waals surface area contributed by atoms with Gasteiger partial charge in [-0.15, -0.1) is 0 Å². The van der Waals surface area contributed by atoms with E-state index in [0.717, 1.165) is 32.4 Å². The third-order valence-electron chi connectivity index (χ3n) is 3.70. The van der Waals surface area contributed by atoms with Crippen LogP contribution in [0.3, 0.4) is 0 Å². The third-order valence-corrected chi connectivity index (χ3v) is 3.70. The summed E-state index contributed by atoms with van der Waals surface area (Å²) in [5.41, 5.74) is 6.04. The fraction of sp³-hybridized carbons (Fsp3) is 0.909. The second-order valence-electron chi connectivity index (χ2n) is 4.59. The van der Waals surface area contributed by atoms with E-state index in [0.29, 0.717) is 18.6 Å². The van der Waals surface area contributed by atoms with Crippen LogP contribution in [0, 0.1) is 5.92 Å². The Morgan fingerprint density at radius 3 is 2.93 bits per heavy atom. The van der Waals surface area contributed by atoms with Gasteiger partial charge in [-0.3, -0.25) is 9.69 Å². The number of cyclic esters (lactones) is 1. The Morgan fingerprint density at radius 1 is 1.53 bits per heavy atom. The Bertz CT molecular complexity index is 245. The zero-order valence-electron chi connectivity index (χ0n) is 9.32. The number of nitrogens with zero attached hydrogens (tertiary/aromatic N) is 1. The monoisotopic (exact) mass is 212 g/mol. The van der Waals surface area contributed by atoms with Crippen molar-refractivity contribution in [3.05, 3.63) is 0 Å². The quantitative estimate of drug-likeness (QED) is 0.672. The molecule has 4 nitrogen and oxygen atoms in total. The van der Waals surface area contributed by atoms with Gasteiger partial charge in [-0.05, 0) is 12.3 Å². The first kappa shape index (κ1) is 10.9. The predicted octanol–water partition coefficient (Wildman–Crippen LogP) is 0.361. The normalized spacial score (nSPS) is 38.0. The van der Waals surface area contributed by atoms with Gasteiger partial charge in [-0.1, -0.05) is 13.3 Å². The third kappa shape index (κ3) is 2.16. The van der Waals surface area contributed by atoms with Gasteiger partial charge in [0, 0.05) is 25.6 Å². The summed E-state index contributed by atoms with van der Waals surface area (Å²) < 4.78 is 5.00. The number of carbonyl (C=O) groups excluding carboxylic acids is 1. The minimum absolute atomic E-state index is 0.00606. The van der Waals surface area contributed by atoms with Crippen molar-refractivity contribution in [3.8, 4) is 0 Å². The SMILES string of the molecule is CCC1CN(C2CCOC2=O)CCC1N. The molecule has 4 heteroatoms. The van der Waals surface area contributed by atoms with Gasteiger partial charge in [0.1, 0.15) is 6.04 Å². The number of piperidine rings is 1. The van der Waals surface area contributed by atoms with E-state index in [1.54, 1.807) is 0 Å². The summed E-state index contributed by atoms with van der Waals surface area (Å²) in [6.07, 6.45) is 2.95. The highest BCUT2D eigenvalue weighted by Crippen LogP contribution is 2.23. The van der Waals surface area contributed by atoms with Gasteiger partial charge in [-0.2, -0.15) is 0 Å². The minimum atomic E-state index is -0.0414. The van der Waals surface area contributed by atoms with Gasteiger partial charge in [0.2, 0.25) is 0 Å². The molecule has 0 aromatic heterocycles. The lowest BCUT2D eigenvalue weighted by molar-refractivity contribution is -0.143. The van der Waals surface area contributed by atoms with E-state index in [4.69, 9.17) is 10.5 Å². The predicted molar refractivity (Wildman–Crippen MR) is 57.3 cm³/mol. The van der Waals surface area contributed by atoms with E-state index in [-0.39, 0.29) is 12.0 Å². The van der Waals surface area contributed by atoms with Crippen LogP contribution in [0.5, 0.6) is 0 Å². The molecule has 2 rings (SSSR count). The molecule has 0 aromatic carbocycles. The summed E-state index contributed by atoms with van der Waals surface area (Å²) >= 11 is 0. The van der Waals surface area contributed by atoms with Gasteiger partial charge in [0.25, 0.3) is 0 Å². The lowest BCUT2D eigenvalue weighted by Gasteiger charge is -2.38. The fourth-order valence-corrected chi connectivity index (χ4v) is 2.61. The Kier molecular flexibility index (Phi) is 3.26. The minimum Gasteiger partial charge on any atom is -0.464 e. The molecule has 0 saturated carbocycles. The number of nitrogens with two attached hydrogens (primary N) is 1. The Labute approximate surface area is 90.8 Å². The van der Waals surface area contributed by atoms with Gasteiger partial charge in [0.05, 0.1) is 6.61 Å². The summed E-state index contributed by atoms with van der Waals surface area (Å²) in [6, 6.07) is 0.315. The molecule has 2 aliphatic heterocycles. The summed E-state index contributed by atoms with van der Waals surface area (Å²) in [5.74, 6) is 0.493. The molecule has 0 aromatic rings. The molecular formula is C11H20N2O2. The van der Waals surface area contributed by atoms with E-state index < -0.39 is 0 Å². The molecule has 0 radical (unpaired) electrons. The molecule has 2 N–H and O–H groups in total. The Balaban J connectivity index is 1.96. The van der Waals surface area contributed by atoms with Crippen LogP contribution in [0.25, 0.3) is 0 Å². The van der Waals surface area contributed by atoms with Crippen molar-refractivity contribution < 1.29 is 9.53 Å². The number of hydrogen-bond acceptors (Lipinski definition) is 4. The Hall–Kier alpha value is -0.610. The molecule has 2 saturated heterocycles. The van der Waals surface area contributed by atoms with E-state index >= 15 is 0 Å². The number of carbonyl (C=O) groups is 1. The van der Waals surface area contributed by atoms with Crippen molar-refractivity contribution >= 4 is 5.97 Å². The van der Waals surface area contributed by atoms with E-state index in [9.17, 15) is 4.79 Å². The number of likely N-dealkylation sites (tertiary alicyclic amines) is 1. The molecule has 0 aliphatic carbocycles. The van der Waals surface area contributed by atoms with Crippen molar-refractivity contribution in [2.75, 3.05) is 19.7 Å². The molecule has 2 aliphatic rings. The van der Waals surface area contributed by atoms with Gasteiger partial charge < -0.3 is 10.5 Å². The van der Waals surface area contributed by atoms with Crippen LogP contribution < -0.4 is 5.73 Å². The van der Waals surface area contributed by atoms with Crippen LogP contribution in [0.2, 0.25) is 0 Å². The van der Waals surface area contributed by atoms with Crippen LogP contribution in [-0.4, -0.2) is 42.6 Å². The lowest BCUT2D eigenvalue weighted by Crippen LogP contribution is -2.51. The van der Waals surface area contributed by atoms with Crippen molar-refractivity contribution in [2.24, 2.45) is 11.7 Å². The molecule has 2 heterocycles. The smallest absolute Gasteiger partial charge is 0.323 e. The largest absolute Gasteiger partial charge is 0.464 e. The second-order valence-corrected chi connectivity index (χ2v) is 4.59. The van der Waals surface area contributed by atoms with Crippen molar-refractivity contribution in [1.82, 2.24) is 4.90 Å². The highest BCUT2D eigenvalue weighted by Gasteiger charge is 2.36. The number of ether oxygens (including phenoxy) is 1. The average molecular weight is 212 g/mol. The molecule has 86 valence electrons. The first-order valence-corrected chi connectivity index (χ1v) is 5.88. The lowest BCUT2D eigenvalue weighted by atomic mass is 9.90. The molecule has 0 amide bonds. The standard InChI is InChI=1S/C11H20N2O2/c1-2-8-7-13(5-3-9(8)12)10-4-6-15-11(10)14/h8-10H,2-7,12H2,1H3. The van der Waals surface area contributed by atoms with E-state index in [1.165, 1.54) is 0 Å². The molecule has 3 atom stereocenters. The van der Waals surface area contributed by atoms with Crippen molar-refractivity contribution in [3.63, 3.8) is 0 Å². The molecule has 2 fully saturated rings. The summed E-state index contributed by atoms with van der Waals surface area (Å²) in [4.78, 5) is 13.7. The topological polar surface area (TPSA) is 55.6 Å². The number of hydrogen-bond donors (Lipinski definition) is 1. The maximum absolute atomic E-state index is 11.5. The first-order chi connectivity index (χ1) is 7.22. The summed E-state index contributed by atoms with van der Waals surface area (Å²) in [6.45, 7) is 4.65. The van der Waals surface area contributed by atoms with Gasteiger partial charge >= 0.3 is 5.97 Å². The van der Waals surface area contributed by atoms with Crippen LogP contribution in [0.15, 0.2) is 0 Å². The number of rotatable bonds is 2. The molecule has 0 spiro atoms. The zero-order chi connectivity index (χ0) is 10.8. The van der Waals surface area contributed by atoms with Crippen LogP contribution in [0.1, 0.15) is 26.2 Å². The summed E-state index contributed by atoms with van der Waals surface area (Å²) in [5, 5.41) is 0. The van der Waals surface area contributed by atoms with Crippen molar-refractivity contribution in [1.29, 1.82) is 0 Å². The van der Waals surface area contributed by atoms with Crippen LogP contribution >= 0.6 is 0 Å². The number of esters is 1. The molecule has 15 heavy (non-hydrogen) atoms. The molecule has 3 unspecified atom stereocenters. The highest BCUT2D eigenvalue weighted by molar-refractivity contribution is 5.77. The average Bonchev–Trinajstić information content (AvgIpc) is 2.65. The van der Waals surface area contributed by atoms with Gasteiger partial charge in [0.15, 0.2) is 0 Å². The highest BCUT2D eigenvalue weighted by atomic mass is 16.5. The van der Waals surface area contributed by atoms with Crippen LogP contribution in [0.4, 0.5) is 0 Å². The van der Waals surface area contributed by atoms with E-state index in [1.807, 2.05) is 0 Å². The van der Waals surface area contributed by atoms with E-state index in [2.05, 4.69) is 11.8 Å². The second kappa shape index (κ2) is 4.49. The Morgan fingerprint density at radius 2 is 2.33 bits per heavy atom. The first-order valence-electron chi connectivity index (χ1n) is 5.88. The molecular weight excluding hydrogens is 192 g/mol.